The lowest BCUT2D eigenvalue weighted by Gasteiger charge is -2.10. The molecule has 0 bridgehead atoms. The summed E-state index contributed by atoms with van der Waals surface area (Å²) in [4.78, 5) is 15.3. The first kappa shape index (κ1) is 8.73. The third-order valence-corrected chi connectivity index (χ3v) is 1.57. The van der Waals surface area contributed by atoms with Crippen molar-refractivity contribution in [3.8, 4) is 0 Å². The molecule has 0 spiro atoms. The molecule has 1 heterocycles. The molecule has 0 amide bonds. The Kier molecular flexibility index (Phi) is 2.44. The van der Waals surface area contributed by atoms with Gasteiger partial charge in [0.05, 0.1) is 0 Å². The monoisotopic (exact) mass is 168 g/mol. The van der Waals surface area contributed by atoms with E-state index in [0.29, 0.717) is 6.54 Å². The highest BCUT2D eigenvalue weighted by Gasteiger charge is 2.04. The second-order valence-electron chi connectivity index (χ2n) is 2.45. The molecule has 0 aromatic carbocycles. The van der Waals surface area contributed by atoms with Crippen molar-refractivity contribution in [2.45, 2.75) is 13.5 Å². The molecule has 5 nitrogen and oxygen atoms in total. The molecule has 66 valence electrons. The molecule has 0 saturated heterocycles. The van der Waals surface area contributed by atoms with E-state index >= 15 is 0 Å². The molecule has 1 rings (SSSR count). The normalized spacial score (nSPS) is 9.92. The van der Waals surface area contributed by atoms with Crippen LogP contribution in [0.1, 0.15) is 6.92 Å². The topological polar surface area (TPSA) is 64.2 Å². The first-order chi connectivity index (χ1) is 5.66. The average molecular weight is 168 g/mol. The fourth-order valence-electron chi connectivity index (χ4n) is 0.927. The Bertz CT molecular complexity index is 317. The number of rotatable bonds is 2. The maximum Gasteiger partial charge on any atom is 0.294 e. The van der Waals surface area contributed by atoms with Crippen molar-refractivity contribution in [1.82, 2.24) is 9.55 Å². The van der Waals surface area contributed by atoms with Crippen molar-refractivity contribution in [2.24, 2.45) is 5.84 Å². The van der Waals surface area contributed by atoms with Crippen molar-refractivity contribution in [3.63, 3.8) is 0 Å². The van der Waals surface area contributed by atoms with Gasteiger partial charge < -0.3 is 4.57 Å². The summed E-state index contributed by atoms with van der Waals surface area (Å²) in [6, 6.07) is 0. The minimum Gasteiger partial charge on any atom is -0.311 e. The van der Waals surface area contributed by atoms with Crippen molar-refractivity contribution in [2.75, 3.05) is 12.1 Å². The van der Waals surface area contributed by atoms with Crippen molar-refractivity contribution >= 4 is 5.82 Å². The zero-order valence-electron chi connectivity index (χ0n) is 7.19. The minimum absolute atomic E-state index is 0.162. The van der Waals surface area contributed by atoms with Gasteiger partial charge in [0.25, 0.3) is 5.56 Å². The van der Waals surface area contributed by atoms with Crippen LogP contribution in [0.3, 0.4) is 0 Å². The molecule has 0 atom stereocenters. The van der Waals surface area contributed by atoms with E-state index in [-0.39, 0.29) is 11.4 Å². The van der Waals surface area contributed by atoms with Gasteiger partial charge in [-0.1, -0.05) is 0 Å². The predicted octanol–water partition coefficient (Wildman–Crippen LogP) is -0.427. The zero-order chi connectivity index (χ0) is 9.14. The van der Waals surface area contributed by atoms with Crippen molar-refractivity contribution in [1.29, 1.82) is 0 Å². The molecule has 0 radical (unpaired) electrons. The maximum atomic E-state index is 11.4. The molecule has 0 fully saturated rings. The maximum absolute atomic E-state index is 11.4. The van der Waals surface area contributed by atoms with Gasteiger partial charge in [-0.25, -0.2) is 10.8 Å². The number of hydrogen-bond acceptors (Lipinski definition) is 4. The smallest absolute Gasteiger partial charge is 0.294 e. The van der Waals surface area contributed by atoms with Crippen molar-refractivity contribution < 1.29 is 0 Å². The van der Waals surface area contributed by atoms with Gasteiger partial charge >= 0.3 is 0 Å². The van der Waals surface area contributed by atoms with Gasteiger partial charge in [-0.3, -0.25) is 9.80 Å². The highest BCUT2D eigenvalue weighted by molar-refractivity contribution is 5.31. The molecule has 2 N–H and O–H groups in total. The summed E-state index contributed by atoms with van der Waals surface area (Å²) in [5.41, 5.74) is -0.162. The molecule has 5 heteroatoms. The molecule has 0 aliphatic rings. The first-order valence-electron chi connectivity index (χ1n) is 3.70. The Balaban J connectivity index is 3.24. The van der Waals surface area contributed by atoms with E-state index in [9.17, 15) is 4.79 Å². The molecule has 1 aromatic rings. The van der Waals surface area contributed by atoms with Gasteiger partial charge in [-0.05, 0) is 6.92 Å². The Morgan fingerprint density at radius 2 is 2.42 bits per heavy atom. The lowest BCUT2D eigenvalue weighted by Crippen LogP contribution is -2.34. The fourth-order valence-corrected chi connectivity index (χ4v) is 0.927. The Morgan fingerprint density at radius 3 is 2.92 bits per heavy atom. The molecular weight excluding hydrogens is 156 g/mol. The molecule has 12 heavy (non-hydrogen) atoms. The number of nitrogens with zero attached hydrogens (tertiary/aromatic N) is 3. The number of anilines is 1. The quantitative estimate of drug-likeness (QED) is 0.481. The largest absolute Gasteiger partial charge is 0.311 e. The Hall–Kier alpha value is -1.36. The molecule has 0 saturated carbocycles. The fraction of sp³-hybridized carbons (Fsp3) is 0.429. The summed E-state index contributed by atoms with van der Waals surface area (Å²) >= 11 is 0. The van der Waals surface area contributed by atoms with Crippen LogP contribution >= 0.6 is 0 Å². The van der Waals surface area contributed by atoms with Crippen LogP contribution < -0.4 is 16.4 Å². The Morgan fingerprint density at radius 1 is 1.75 bits per heavy atom. The lowest BCUT2D eigenvalue weighted by molar-refractivity contribution is 0.711. The number of hydrazine groups is 1. The van der Waals surface area contributed by atoms with Crippen LogP contribution in [0.25, 0.3) is 0 Å². The van der Waals surface area contributed by atoms with Crippen LogP contribution in [-0.4, -0.2) is 16.6 Å². The number of nitrogens with two attached hydrogens (primary N) is 1. The third kappa shape index (κ3) is 1.45. The molecule has 0 unspecified atom stereocenters. The van der Waals surface area contributed by atoms with E-state index in [4.69, 9.17) is 5.84 Å². The summed E-state index contributed by atoms with van der Waals surface area (Å²) in [6.45, 7) is 2.52. The van der Waals surface area contributed by atoms with E-state index < -0.39 is 0 Å². The van der Waals surface area contributed by atoms with Crippen LogP contribution in [0.2, 0.25) is 0 Å². The van der Waals surface area contributed by atoms with E-state index in [2.05, 4.69) is 4.98 Å². The van der Waals surface area contributed by atoms with Gasteiger partial charge in [0.2, 0.25) is 5.82 Å². The van der Waals surface area contributed by atoms with E-state index in [0.717, 1.165) is 0 Å². The van der Waals surface area contributed by atoms with Gasteiger partial charge in [0.15, 0.2) is 0 Å². The zero-order valence-corrected chi connectivity index (χ0v) is 7.19. The highest BCUT2D eigenvalue weighted by atomic mass is 16.1. The molecular formula is C7H12N4O. The van der Waals surface area contributed by atoms with E-state index in [1.807, 2.05) is 6.92 Å². The molecule has 0 aliphatic carbocycles. The van der Waals surface area contributed by atoms with Crippen LogP contribution in [0.15, 0.2) is 17.2 Å². The van der Waals surface area contributed by atoms with Gasteiger partial charge in [0, 0.05) is 26.0 Å². The summed E-state index contributed by atoms with van der Waals surface area (Å²) < 4.78 is 1.55. The van der Waals surface area contributed by atoms with Crippen LogP contribution in [-0.2, 0) is 6.54 Å². The minimum atomic E-state index is -0.162. The number of aryl methyl sites for hydroxylation is 1. The molecule has 0 aliphatic heterocycles. The number of aromatic nitrogens is 2. The molecule has 1 aromatic heterocycles. The van der Waals surface area contributed by atoms with Gasteiger partial charge in [-0.15, -0.1) is 0 Å². The van der Waals surface area contributed by atoms with Gasteiger partial charge in [-0.2, -0.15) is 0 Å². The second-order valence-corrected chi connectivity index (χ2v) is 2.45. The van der Waals surface area contributed by atoms with Crippen molar-refractivity contribution in [3.05, 3.63) is 22.7 Å². The van der Waals surface area contributed by atoms with E-state index in [1.54, 1.807) is 24.0 Å². The summed E-state index contributed by atoms with van der Waals surface area (Å²) in [5, 5.41) is 1.22. The van der Waals surface area contributed by atoms with Crippen LogP contribution in [0, 0.1) is 0 Å². The average Bonchev–Trinajstić information content (AvgIpc) is 2.04. The second kappa shape index (κ2) is 3.36. The third-order valence-electron chi connectivity index (χ3n) is 1.57. The lowest BCUT2D eigenvalue weighted by atomic mass is 10.5. The number of hydrogen-bond donors (Lipinski definition) is 1. The van der Waals surface area contributed by atoms with Gasteiger partial charge in [0.1, 0.15) is 0 Å². The standard InChI is InChI=1S/C7H12N4O/c1-3-11-5-4-9-6(7(11)12)10(2)8/h4-5H,3,8H2,1-2H3. The predicted molar refractivity (Wildman–Crippen MR) is 46.8 cm³/mol. The summed E-state index contributed by atoms with van der Waals surface area (Å²) in [7, 11) is 1.59. The van der Waals surface area contributed by atoms with Crippen LogP contribution in [0.4, 0.5) is 5.82 Å². The first-order valence-corrected chi connectivity index (χ1v) is 3.70. The summed E-state index contributed by atoms with van der Waals surface area (Å²) in [5.74, 6) is 5.66. The SMILES string of the molecule is CCn1ccnc(N(C)N)c1=O. The van der Waals surface area contributed by atoms with Crippen LogP contribution in [0.5, 0.6) is 0 Å². The highest BCUT2D eigenvalue weighted by Crippen LogP contribution is 1.93. The summed E-state index contributed by atoms with van der Waals surface area (Å²) in [6.07, 6.45) is 3.19. The van der Waals surface area contributed by atoms with E-state index in [1.165, 1.54) is 5.01 Å². The Labute approximate surface area is 70.4 Å².